The first-order chi connectivity index (χ1) is 6.88. The summed E-state index contributed by atoms with van der Waals surface area (Å²) in [4.78, 5) is 14.2. The number of carbonyl (C=O) groups is 1. The molecule has 0 saturated heterocycles. The largest absolute Gasteiger partial charge is 0.392 e. The molecule has 0 aromatic heterocycles. The van der Waals surface area contributed by atoms with Crippen LogP contribution >= 0.6 is 12.2 Å². The van der Waals surface area contributed by atoms with E-state index in [9.17, 15) is 4.79 Å². The van der Waals surface area contributed by atoms with Crippen LogP contribution in [0.1, 0.15) is 33.6 Å². The van der Waals surface area contributed by atoms with Crippen LogP contribution in [0.4, 0.5) is 0 Å². The Morgan fingerprint density at radius 3 is 2.47 bits per heavy atom. The molecule has 86 valence electrons. The van der Waals surface area contributed by atoms with Crippen molar-refractivity contribution in [3.63, 3.8) is 0 Å². The summed E-state index contributed by atoms with van der Waals surface area (Å²) in [5.74, 6) is 0.396. The summed E-state index contributed by atoms with van der Waals surface area (Å²) in [5, 5.41) is 0. The molecule has 0 aromatic carbocycles. The molecule has 1 unspecified atom stereocenters. The number of nitrogens with two attached hydrogens (primary N) is 1. The molecule has 1 amide bonds. The maximum Gasteiger partial charge on any atom is 0.226 e. The van der Waals surface area contributed by atoms with Gasteiger partial charge in [-0.1, -0.05) is 33.0 Å². The number of hydrogen-bond acceptors (Lipinski definition) is 2. The van der Waals surface area contributed by atoms with Gasteiger partial charge in [-0.25, -0.2) is 0 Å². The Morgan fingerprint density at radius 2 is 2.13 bits per heavy atom. The zero-order chi connectivity index (χ0) is 11.6. The predicted octanol–water partition coefficient (Wildman–Crippen LogP) is 1.56. The first kappa shape index (κ1) is 12.4. The van der Waals surface area contributed by atoms with Gasteiger partial charge in [0, 0.05) is 12.5 Å². The second-order valence-corrected chi connectivity index (χ2v) is 5.50. The second-order valence-electron chi connectivity index (χ2n) is 4.97. The lowest BCUT2D eigenvalue weighted by atomic mass is 10.1. The van der Waals surface area contributed by atoms with Crippen LogP contribution in [-0.2, 0) is 4.79 Å². The quantitative estimate of drug-likeness (QED) is 0.726. The minimum absolute atomic E-state index is 0.179. The molecule has 1 saturated carbocycles. The summed E-state index contributed by atoms with van der Waals surface area (Å²) in [5.41, 5.74) is 5.67. The summed E-state index contributed by atoms with van der Waals surface area (Å²) in [6, 6.07) is 0. The highest BCUT2D eigenvalue weighted by Gasteiger charge is 2.51. The monoisotopic (exact) mass is 228 g/mol. The third-order valence-electron chi connectivity index (χ3n) is 2.96. The fourth-order valence-electron chi connectivity index (χ4n) is 1.83. The van der Waals surface area contributed by atoms with Crippen LogP contribution in [0.2, 0.25) is 0 Å². The van der Waals surface area contributed by atoms with E-state index in [4.69, 9.17) is 18.0 Å². The summed E-state index contributed by atoms with van der Waals surface area (Å²) in [6.45, 7) is 7.48. The Hall–Kier alpha value is -0.640. The molecule has 3 nitrogen and oxygen atoms in total. The minimum atomic E-state index is 0.179. The average molecular weight is 228 g/mol. The molecule has 0 bridgehead atoms. The number of nitrogens with zero attached hydrogens (tertiary/aromatic N) is 1. The van der Waals surface area contributed by atoms with E-state index in [2.05, 4.69) is 20.8 Å². The highest BCUT2D eigenvalue weighted by atomic mass is 32.1. The summed E-state index contributed by atoms with van der Waals surface area (Å²) in [7, 11) is 0. The van der Waals surface area contributed by atoms with Crippen molar-refractivity contribution < 1.29 is 4.79 Å². The molecular formula is C11H20N2OS. The van der Waals surface area contributed by atoms with Gasteiger partial charge in [-0.05, 0) is 18.3 Å². The van der Waals surface area contributed by atoms with Gasteiger partial charge >= 0.3 is 0 Å². The van der Waals surface area contributed by atoms with Gasteiger partial charge in [-0.2, -0.15) is 0 Å². The molecule has 1 aliphatic rings. The van der Waals surface area contributed by atoms with Crippen molar-refractivity contribution in [2.75, 3.05) is 13.1 Å². The van der Waals surface area contributed by atoms with E-state index in [1.54, 1.807) is 4.90 Å². The van der Waals surface area contributed by atoms with E-state index in [0.29, 0.717) is 11.5 Å². The molecular weight excluding hydrogens is 208 g/mol. The fraction of sp³-hybridized carbons (Fsp3) is 0.818. The molecule has 4 heteroatoms. The van der Waals surface area contributed by atoms with Crippen molar-refractivity contribution in [2.45, 2.75) is 33.6 Å². The molecule has 0 heterocycles. The molecule has 0 radical (unpaired) electrons. The van der Waals surface area contributed by atoms with E-state index >= 15 is 0 Å². The highest BCUT2D eigenvalue weighted by molar-refractivity contribution is 7.80. The Bertz CT molecular complexity index is 276. The van der Waals surface area contributed by atoms with E-state index in [1.807, 2.05) is 0 Å². The van der Waals surface area contributed by atoms with E-state index in [0.717, 1.165) is 19.4 Å². The minimum Gasteiger partial charge on any atom is -0.392 e. The standard InChI is InChI=1S/C11H20N2OS/c1-4-5-13(7-9(12)15)10(14)8-6-11(8,2)3/h8H,4-7H2,1-3H3,(H2,12,15). The molecule has 1 aliphatic carbocycles. The number of amides is 1. The Kier molecular flexibility index (Phi) is 3.71. The van der Waals surface area contributed by atoms with Gasteiger partial charge < -0.3 is 10.6 Å². The van der Waals surface area contributed by atoms with Crippen molar-refractivity contribution in [1.82, 2.24) is 4.90 Å². The fourth-order valence-corrected chi connectivity index (χ4v) is 1.99. The van der Waals surface area contributed by atoms with Gasteiger partial charge in [0.2, 0.25) is 5.91 Å². The molecule has 1 rings (SSSR count). The van der Waals surface area contributed by atoms with Crippen LogP contribution in [0.3, 0.4) is 0 Å². The van der Waals surface area contributed by atoms with E-state index in [-0.39, 0.29) is 17.2 Å². The van der Waals surface area contributed by atoms with Gasteiger partial charge in [-0.3, -0.25) is 4.79 Å². The molecule has 1 fully saturated rings. The van der Waals surface area contributed by atoms with Crippen molar-refractivity contribution in [2.24, 2.45) is 17.1 Å². The number of rotatable bonds is 5. The SMILES string of the molecule is CCCN(CC(N)=S)C(=O)C1CC1(C)C. The second kappa shape index (κ2) is 4.47. The van der Waals surface area contributed by atoms with Gasteiger partial charge in [-0.15, -0.1) is 0 Å². The normalized spacial score (nSPS) is 22.2. The molecule has 0 spiro atoms. The zero-order valence-corrected chi connectivity index (χ0v) is 10.6. The summed E-state index contributed by atoms with van der Waals surface area (Å²) in [6.07, 6.45) is 1.94. The molecule has 1 atom stereocenters. The van der Waals surface area contributed by atoms with Crippen LogP contribution in [0.5, 0.6) is 0 Å². The van der Waals surface area contributed by atoms with Crippen molar-refractivity contribution in [3.05, 3.63) is 0 Å². The summed E-state index contributed by atoms with van der Waals surface area (Å²) < 4.78 is 0. The van der Waals surface area contributed by atoms with Crippen LogP contribution in [0, 0.1) is 11.3 Å². The molecule has 0 aromatic rings. The van der Waals surface area contributed by atoms with Gasteiger partial charge in [0.05, 0.1) is 11.5 Å². The third-order valence-corrected chi connectivity index (χ3v) is 3.09. The average Bonchev–Trinajstić information content (AvgIpc) is 2.72. The lowest BCUT2D eigenvalue weighted by molar-refractivity contribution is -0.132. The van der Waals surface area contributed by atoms with Crippen LogP contribution in [0.15, 0.2) is 0 Å². The number of hydrogen-bond donors (Lipinski definition) is 1. The van der Waals surface area contributed by atoms with Crippen LogP contribution in [0.25, 0.3) is 0 Å². The highest BCUT2D eigenvalue weighted by Crippen LogP contribution is 2.52. The first-order valence-corrected chi connectivity index (χ1v) is 5.86. The predicted molar refractivity (Wildman–Crippen MR) is 65.5 cm³/mol. The lowest BCUT2D eigenvalue weighted by Gasteiger charge is -2.22. The number of carbonyl (C=O) groups excluding carboxylic acids is 1. The third kappa shape index (κ3) is 3.16. The zero-order valence-electron chi connectivity index (χ0n) is 9.75. The van der Waals surface area contributed by atoms with Gasteiger partial charge in [0.25, 0.3) is 0 Å². The van der Waals surface area contributed by atoms with Crippen LogP contribution in [-0.4, -0.2) is 28.9 Å². The molecule has 15 heavy (non-hydrogen) atoms. The molecule has 0 aliphatic heterocycles. The maximum atomic E-state index is 12.1. The van der Waals surface area contributed by atoms with E-state index < -0.39 is 0 Å². The van der Waals surface area contributed by atoms with Crippen molar-refractivity contribution in [1.29, 1.82) is 0 Å². The maximum absolute atomic E-state index is 12.1. The van der Waals surface area contributed by atoms with Gasteiger partial charge in [0.15, 0.2) is 0 Å². The van der Waals surface area contributed by atoms with Gasteiger partial charge in [0.1, 0.15) is 0 Å². The Morgan fingerprint density at radius 1 is 1.60 bits per heavy atom. The molecule has 2 N–H and O–H groups in total. The van der Waals surface area contributed by atoms with Crippen molar-refractivity contribution >= 4 is 23.1 Å². The number of thiocarbonyl (C=S) groups is 1. The first-order valence-electron chi connectivity index (χ1n) is 5.45. The van der Waals surface area contributed by atoms with Crippen molar-refractivity contribution in [3.8, 4) is 0 Å². The Balaban J connectivity index is 2.56. The smallest absolute Gasteiger partial charge is 0.226 e. The lowest BCUT2D eigenvalue weighted by Crippen LogP contribution is -2.39. The van der Waals surface area contributed by atoms with E-state index in [1.165, 1.54) is 0 Å². The summed E-state index contributed by atoms with van der Waals surface area (Å²) >= 11 is 4.85. The Labute approximate surface area is 97.0 Å². The topological polar surface area (TPSA) is 46.3 Å². The van der Waals surface area contributed by atoms with Crippen LogP contribution < -0.4 is 5.73 Å².